The van der Waals surface area contributed by atoms with Crippen LogP contribution >= 0.6 is 27.7 Å². The van der Waals surface area contributed by atoms with E-state index >= 15 is 0 Å². The molecule has 5 nitrogen and oxygen atoms in total. The number of nitrogens with zero attached hydrogens (tertiary/aromatic N) is 4. The average Bonchev–Trinajstić information content (AvgIpc) is 2.80. The van der Waals surface area contributed by atoms with Crippen molar-refractivity contribution in [1.29, 1.82) is 0 Å². The van der Waals surface area contributed by atoms with Gasteiger partial charge in [0.25, 0.3) is 0 Å². The lowest BCUT2D eigenvalue weighted by Crippen LogP contribution is -2.54. The molecule has 1 spiro atoms. The maximum Gasteiger partial charge on any atom is 0.170 e. The fourth-order valence-corrected chi connectivity index (χ4v) is 6.70. The molecule has 0 aliphatic carbocycles. The third kappa shape index (κ3) is 5.07. The van der Waals surface area contributed by atoms with Crippen LogP contribution < -0.4 is 4.74 Å². The van der Waals surface area contributed by atoms with Gasteiger partial charge in [0, 0.05) is 40.0 Å². The van der Waals surface area contributed by atoms with E-state index in [0.717, 1.165) is 66.8 Å². The summed E-state index contributed by atoms with van der Waals surface area (Å²) in [7, 11) is 1.72. The Hall–Kier alpha value is -1.83. The minimum Gasteiger partial charge on any atom is -0.497 e. The molecule has 0 aromatic heterocycles. The first-order valence-electron chi connectivity index (χ1n) is 12.0. The predicted molar refractivity (Wildman–Crippen MR) is 145 cm³/mol. The summed E-state index contributed by atoms with van der Waals surface area (Å²) in [6, 6.07) is 15.0. The largest absolute Gasteiger partial charge is 0.497 e. The fourth-order valence-electron chi connectivity index (χ4n) is 4.96. The molecule has 0 amide bonds. The Bertz CT molecular complexity index is 1110. The van der Waals surface area contributed by atoms with Crippen LogP contribution in [0.1, 0.15) is 44.7 Å². The second-order valence-electron chi connectivity index (χ2n) is 10.7. The maximum absolute atomic E-state index is 5.30. The van der Waals surface area contributed by atoms with E-state index in [-0.39, 0.29) is 11.0 Å². The maximum atomic E-state index is 5.30. The molecule has 0 radical (unpaired) electrons. The van der Waals surface area contributed by atoms with E-state index in [9.17, 15) is 0 Å². The molecule has 0 bridgehead atoms. The lowest BCUT2D eigenvalue weighted by Gasteiger charge is -2.48. The second-order valence-corrected chi connectivity index (χ2v) is 12.6. The average molecular weight is 542 g/mol. The summed E-state index contributed by atoms with van der Waals surface area (Å²) in [6.07, 6.45) is 2.33. The predicted octanol–water partition coefficient (Wildman–Crippen LogP) is 6.06. The quantitative estimate of drug-likeness (QED) is 0.474. The third-order valence-corrected chi connectivity index (χ3v) is 8.39. The second kappa shape index (κ2) is 9.32. The number of methoxy groups -OCH3 is 1. The molecule has 5 rings (SSSR count). The van der Waals surface area contributed by atoms with E-state index in [2.05, 4.69) is 89.0 Å². The van der Waals surface area contributed by atoms with Crippen LogP contribution in [0.15, 0.2) is 61.8 Å². The van der Waals surface area contributed by atoms with Crippen molar-refractivity contribution >= 4 is 38.7 Å². The molecule has 1 fully saturated rings. The summed E-state index contributed by atoms with van der Waals surface area (Å²) >= 11 is 5.42. The molecule has 3 aliphatic heterocycles. The monoisotopic (exact) mass is 540 g/mol. The Labute approximate surface area is 215 Å². The summed E-state index contributed by atoms with van der Waals surface area (Å²) in [5.74, 6) is 2.01. The minimum atomic E-state index is -0.136. The van der Waals surface area contributed by atoms with E-state index in [1.165, 1.54) is 16.0 Å². The molecule has 2 aromatic carbocycles. The van der Waals surface area contributed by atoms with E-state index in [0.29, 0.717) is 0 Å². The zero-order chi connectivity index (χ0) is 23.9. The van der Waals surface area contributed by atoms with Crippen LogP contribution in [0.2, 0.25) is 0 Å². The van der Waals surface area contributed by atoms with E-state index < -0.39 is 0 Å². The van der Waals surface area contributed by atoms with E-state index in [1.807, 2.05) is 0 Å². The SMILES string of the molecule is COc1ccc(CN2CCC3(CC2)CN=C2c4ccc(Br)cc4SC(=NC(C)(C)C)N2C3)cc1. The number of piperidine rings is 1. The van der Waals surface area contributed by atoms with Crippen LogP contribution in [0, 0.1) is 5.41 Å². The number of amidine groups is 2. The van der Waals surface area contributed by atoms with Crippen LogP contribution in [-0.4, -0.2) is 59.6 Å². The highest BCUT2D eigenvalue weighted by atomic mass is 79.9. The zero-order valence-corrected chi connectivity index (χ0v) is 22.9. The van der Waals surface area contributed by atoms with Crippen molar-refractivity contribution in [3.8, 4) is 5.75 Å². The molecule has 2 aromatic rings. The highest BCUT2D eigenvalue weighted by molar-refractivity contribution is 9.10. The van der Waals surface area contributed by atoms with Crippen molar-refractivity contribution in [2.75, 3.05) is 33.3 Å². The number of rotatable bonds is 3. The van der Waals surface area contributed by atoms with Gasteiger partial charge in [0.15, 0.2) is 5.17 Å². The molecular formula is C27H33BrN4OS. The number of hydrogen-bond acceptors (Lipinski definition) is 5. The smallest absolute Gasteiger partial charge is 0.170 e. The number of ether oxygens (including phenoxy) is 1. The lowest BCUT2D eigenvalue weighted by molar-refractivity contribution is 0.0894. The van der Waals surface area contributed by atoms with E-state index in [4.69, 9.17) is 14.7 Å². The van der Waals surface area contributed by atoms with Crippen molar-refractivity contribution in [2.45, 2.75) is 50.6 Å². The molecule has 3 aliphatic rings. The van der Waals surface area contributed by atoms with Gasteiger partial charge in [-0.15, -0.1) is 0 Å². The van der Waals surface area contributed by atoms with Crippen LogP contribution in [0.25, 0.3) is 0 Å². The number of fused-ring (bicyclic) bond motifs is 3. The summed E-state index contributed by atoms with van der Waals surface area (Å²) in [4.78, 5) is 16.6. The van der Waals surface area contributed by atoms with E-state index in [1.54, 1.807) is 18.9 Å². The van der Waals surface area contributed by atoms with Crippen molar-refractivity contribution in [3.63, 3.8) is 0 Å². The van der Waals surface area contributed by atoms with Crippen LogP contribution in [0.3, 0.4) is 0 Å². The molecule has 1 saturated heterocycles. The molecule has 0 N–H and O–H groups in total. The van der Waals surface area contributed by atoms with Crippen LogP contribution in [-0.2, 0) is 6.54 Å². The molecule has 3 heterocycles. The van der Waals surface area contributed by atoms with Crippen LogP contribution in [0.4, 0.5) is 0 Å². The van der Waals surface area contributed by atoms with Crippen LogP contribution in [0.5, 0.6) is 5.75 Å². The summed E-state index contributed by atoms with van der Waals surface area (Å²) in [5.41, 5.74) is 2.65. The van der Waals surface area contributed by atoms with Gasteiger partial charge in [0.2, 0.25) is 0 Å². The zero-order valence-electron chi connectivity index (χ0n) is 20.5. The summed E-state index contributed by atoms with van der Waals surface area (Å²) in [6.45, 7) is 11.6. The molecular weight excluding hydrogens is 508 g/mol. The normalized spacial score (nSPS) is 21.3. The van der Waals surface area contributed by atoms with Gasteiger partial charge in [-0.25, -0.2) is 0 Å². The Balaban J connectivity index is 1.35. The molecule has 0 atom stereocenters. The minimum absolute atomic E-state index is 0.136. The Kier molecular flexibility index (Phi) is 6.55. The van der Waals surface area contributed by atoms with Crippen molar-refractivity contribution in [3.05, 3.63) is 58.1 Å². The molecule has 34 heavy (non-hydrogen) atoms. The number of benzene rings is 2. The molecule has 0 unspecified atom stereocenters. The molecule has 180 valence electrons. The highest BCUT2D eigenvalue weighted by Gasteiger charge is 2.43. The molecule has 7 heteroatoms. The van der Waals surface area contributed by atoms with Gasteiger partial charge < -0.3 is 9.64 Å². The Morgan fingerprint density at radius 3 is 2.53 bits per heavy atom. The summed E-state index contributed by atoms with van der Waals surface area (Å²) in [5, 5.41) is 1.08. The fraction of sp³-hybridized carbons (Fsp3) is 0.481. The Morgan fingerprint density at radius 1 is 1.12 bits per heavy atom. The number of aliphatic imine (C=N–C) groups is 2. The van der Waals surface area contributed by atoms with Gasteiger partial charge in [-0.2, -0.15) is 0 Å². The third-order valence-electron chi connectivity index (χ3n) is 6.84. The topological polar surface area (TPSA) is 40.4 Å². The van der Waals surface area contributed by atoms with Gasteiger partial charge in [-0.1, -0.05) is 39.8 Å². The number of halogens is 1. The number of hydrogen-bond donors (Lipinski definition) is 0. The molecule has 0 saturated carbocycles. The van der Waals surface area contributed by atoms with Gasteiger partial charge in [-0.05, 0) is 82.6 Å². The number of thioether (sulfide) groups is 1. The standard InChI is InChI=1S/C27H33BrN4OS/c1-26(2,3)30-25-32-18-27(17-29-24(32)22-10-7-20(28)15-23(22)34-25)11-13-31(14-12-27)16-19-5-8-21(33-4)9-6-19/h5-10,15H,11-14,16-18H2,1-4H3. The Morgan fingerprint density at radius 2 is 1.85 bits per heavy atom. The first-order valence-corrected chi connectivity index (χ1v) is 13.6. The van der Waals surface area contributed by atoms with Crippen molar-refractivity contribution < 1.29 is 4.74 Å². The first kappa shape index (κ1) is 23.9. The van der Waals surface area contributed by atoms with Gasteiger partial charge in [0.05, 0.1) is 12.6 Å². The van der Waals surface area contributed by atoms with Crippen molar-refractivity contribution in [1.82, 2.24) is 9.80 Å². The van der Waals surface area contributed by atoms with Gasteiger partial charge in [-0.3, -0.25) is 14.9 Å². The van der Waals surface area contributed by atoms with Gasteiger partial charge >= 0.3 is 0 Å². The van der Waals surface area contributed by atoms with Gasteiger partial charge in [0.1, 0.15) is 11.6 Å². The first-order chi connectivity index (χ1) is 16.2. The number of likely N-dealkylation sites (tertiary alicyclic amines) is 1. The van der Waals surface area contributed by atoms with Crippen molar-refractivity contribution in [2.24, 2.45) is 15.4 Å². The summed E-state index contributed by atoms with van der Waals surface area (Å²) < 4.78 is 6.40. The highest BCUT2D eigenvalue weighted by Crippen LogP contribution is 2.42. The lowest BCUT2D eigenvalue weighted by atomic mass is 9.76.